The molecule has 0 aromatic heterocycles. The first-order chi connectivity index (χ1) is 9.01. The van der Waals surface area contributed by atoms with E-state index < -0.39 is 11.4 Å². The second-order valence-electron chi connectivity index (χ2n) is 4.66. The number of hydrogen-bond acceptors (Lipinski definition) is 4. The van der Waals surface area contributed by atoms with Crippen LogP contribution in [0, 0.1) is 0 Å². The summed E-state index contributed by atoms with van der Waals surface area (Å²) in [6.07, 6.45) is 1.000. The second-order valence-corrected chi connectivity index (χ2v) is 5.72. The highest BCUT2D eigenvalue weighted by molar-refractivity contribution is 8.15. The van der Waals surface area contributed by atoms with Gasteiger partial charge < -0.3 is 10.5 Å². The molecule has 5 heteroatoms. The topological polar surface area (TPSA) is 64.7 Å². The van der Waals surface area contributed by atoms with Gasteiger partial charge in [-0.25, -0.2) is 0 Å². The Morgan fingerprint density at radius 3 is 2.53 bits per heavy atom. The number of hydrogen-bond donors (Lipinski definition) is 1. The number of methoxy groups -OCH3 is 1. The molecule has 1 amide bonds. The minimum atomic E-state index is -1.00. The third-order valence-electron chi connectivity index (χ3n) is 3.33. The molecule has 0 radical (unpaired) electrons. The molecule has 0 bridgehead atoms. The maximum Gasteiger partial charge on any atom is 0.248 e. The minimum absolute atomic E-state index is 0.370. The molecular weight excluding hydrogens is 260 g/mol. The van der Waals surface area contributed by atoms with Crippen molar-refractivity contribution in [2.75, 3.05) is 7.11 Å². The molecule has 0 saturated heterocycles. The van der Waals surface area contributed by atoms with Crippen molar-refractivity contribution < 1.29 is 9.53 Å². The van der Waals surface area contributed by atoms with Gasteiger partial charge in [-0.3, -0.25) is 9.79 Å². The van der Waals surface area contributed by atoms with Gasteiger partial charge in [-0.05, 0) is 18.9 Å². The Morgan fingerprint density at radius 2 is 2.11 bits per heavy atom. The number of amides is 1. The van der Waals surface area contributed by atoms with Gasteiger partial charge in [0.15, 0.2) is 5.54 Å². The number of thioether (sulfide) groups is 1. The van der Waals surface area contributed by atoms with E-state index in [0.29, 0.717) is 0 Å². The molecule has 19 heavy (non-hydrogen) atoms. The third kappa shape index (κ3) is 2.53. The van der Waals surface area contributed by atoms with Crippen molar-refractivity contribution in [2.24, 2.45) is 10.7 Å². The Hall–Kier alpha value is -1.33. The fraction of sp³-hybridized carbons (Fsp3) is 0.429. The number of carbonyl (C=O) groups excluding carboxylic acids is 1. The summed E-state index contributed by atoms with van der Waals surface area (Å²) in [5.41, 5.74) is 6.34. The van der Waals surface area contributed by atoms with E-state index in [-0.39, 0.29) is 5.44 Å². The second kappa shape index (κ2) is 5.35. The lowest BCUT2D eigenvalue weighted by atomic mass is 10.0. The summed E-state index contributed by atoms with van der Waals surface area (Å²) < 4.78 is 5.33. The third-order valence-corrected chi connectivity index (χ3v) is 4.75. The summed E-state index contributed by atoms with van der Waals surface area (Å²) in [6, 6.07) is 8.18. The normalized spacial score (nSPS) is 26.3. The molecule has 1 aliphatic rings. The summed E-state index contributed by atoms with van der Waals surface area (Å²) >= 11 is 1.44. The smallest absolute Gasteiger partial charge is 0.248 e. The standard InChI is InChI=1S/C14H18N2O2S/c1-4-9-5-7-10(8-6-9)11-16-14(2,12(15)17)13(18-3)19-11/h5-8,13H,4H2,1-3H3,(H2,15,17)/t13?,14-/m1/s1. The lowest BCUT2D eigenvalue weighted by Crippen LogP contribution is -2.46. The number of primary amides is 1. The van der Waals surface area contributed by atoms with Crippen LogP contribution in [0.1, 0.15) is 25.0 Å². The molecule has 1 heterocycles. The van der Waals surface area contributed by atoms with Crippen molar-refractivity contribution in [3.63, 3.8) is 0 Å². The zero-order chi connectivity index (χ0) is 14.0. The van der Waals surface area contributed by atoms with Crippen LogP contribution in [0.25, 0.3) is 0 Å². The van der Waals surface area contributed by atoms with Crippen LogP contribution in [-0.2, 0) is 16.0 Å². The maximum absolute atomic E-state index is 11.6. The van der Waals surface area contributed by atoms with Crippen LogP contribution in [0.5, 0.6) is 0 Å². The van der Waals surface area contributed by atoms with Gasteiger partial charge in [0, 0.05) is 12.7 Å². The Kier molecular flexibility index (Phi) is 3.96. The van der Waals surface area contributed by atoms with Gasteiger partial charge >= 0.3 is 0 Å². The van der Waals surface area contributed by atoms with E-state index >= 15 is 0 Å². The summed E-state index contributed by atoms with van der Waals surface area (Å²) in [4.78, 5) is 16.1. The summed E-state index contributed by atoms with van der Waals surface area (Å²) in [5.74, 6) is -0.466. The van der Waals surface area contributed by atoms with Crippen LogP contribution in [0.2, 0.25) is 0 Å². The van der Waals surface area contributed by atoms with Crippen molar-refractivity contribution in [1.82, 2.24) is 0 Å². The minimum Gasteiger partial charge on any atom is -0.367 e. The van der Waals surface area contributed by atoms with Crippen molar-refractivity contribution in [3.05, 3.63) is 35.4 Å². The molecule has 4 nitrogen and oxygen atoms in total. The van der Waals surface area contributed by atoms with Crippen molar-refractivity contribution in [2.45, 2.75) is 31.2 Å². The van der Waals surface area contributed by atoms with Crippen molar-refractivity contribution >= 4 is 22.7 Å². The number of rotatable bonds is 4. The molecule has 2 atom stereocenters. The highest BCUT2D eigenvalue weighted by Crippen LogP contribution is 2.38. The first-order valence-electron chi connectivity index (χ1n) is 6.19. The molecule has 1 aromatic carbocycles. The molecule has 1 aliphatic heterocycles. The van der Waals surface area contributed by atoms with E-state index in [9.17, 15) is 4.79 Å². The van der Waals surface area contributed by atoms with E-state index in [2.05, 4.69) is 24.0 Å². The van der Waals surface area contributed by atoms with Gasteiger partial charge in [0.1, 0.15) is 10.5 Å². The van der Waals surface area contributed by atoms with Crippen LogP contribution in [0.15, 0.2) is 29.3 Å². The lowest BCUT2D eigenvalue weighted by Gasteiger charge is -2.22. The predicted molar refractivity (Wildman–Crippen MR) is 78.3 cm³/mol. The van der Waals surface area contributed by atoms with Crippen LogP contribution in [0.3, 0.4) is 0 Å². The lowest BCUT2D eigenvalue weighted by molar-refractivity contribution is -0.124. The van der Waals surface area contributed by atoms with Crippen molar-refractivity contribution in [3.8, 4) is 0 Å². The molecule has 0 fully saturated rings. The molecular formula is C14H18N2O2S. The van der Waals surface area contributed by atoms with Crippen LogP contribution < -0.4 is 5.73 Å². The summed E-state index contributed by atoms with van der Waals surface area (Å²) in [6.45, 7) is 3.83. The molecule has 2 rings (SSSR count). The zero-order valence-electron chi connectivity index (χ0n) is 11.3. The highest BCUT2D eigenvalue weighted by atomic mass is 32.2. The molecule has 0 spiro atoms. The molecule has 1 aromatic rings. The SMILES string of the molecule is CCc1ccc(C2=N[C@](C)(C(N)=O)C(OC)S2)cc1. The van der Waals surface area contributed by atoms with Crippen LogP contribution in [0.4, 0.5) is 0 Å². The number of ether oxygens (including phenoxy) is 1. The quantitative estimate of drug-likeness (QED) is 0.915. The van der Waals surface area contributed by atoms with Crippen LogP contribution >= 0.6 is 11.8 Å². The Balaban J connectivity index is 2.33. The van der Waals surface area contributed by atoms with E-state index in [1.165, 1.54) is 17.3 Å². The van der Waals surface area contributed by atoms with E-state index in [1.54, 1.807) is 14.0 Å². The van der Waals surface area contributed by atoms with Gasteiger partial charge in [0.25, 0.3) is 0 Å². The number of benzene rings is 1. The van der Waals surface area contributed by atoms with Crippen LogP contribution in [-0.4, -0.2) is 29.0 Å². The fourth-order valence-electron chi connectivity index (χ4n) is 1.97. The molecule has 2 N–H and O–H groups in total. The van der Waals surface area contributed by atoms with Gasteiger partial charge in [0.2, 0.25) is 5.91 Å². The highest BCUT2D eigenvalue weighted by Gasteiger charge is 2.46. The molecule has 102 valence electrons. The van der Waals surface area contributed by atoms with Gasteiger partial charge in [-0.1, -0.05) is 43.0 Å². The van der Waals surface area contributed by atoms with E-state index in [0.717, 1.165) is 17.0 Å². The van der Waals surface area contributed by atoms with Crippen molar-refractivity contribution in [1.29, 1.82) is 0 Å². The largest absolute Gasteiger partial charge is 0.367 e. The Labute approximate surface area is 117 Å². The molecule has 0 aliphatic carbocycles. The predicted octanol–water partition coefficient (Wildman–Crippen LogP) is 1.96. The molecule has 0 saturated carbocycles. The number of carbonyl (C=O) groups is 1. The van der Waals surface area contributed by atoms with E-state index in [4.69, 9.17) is 10.5 Å². The summed E-state index contributed by atoms with van der Waals surface area (Å²) in [5, 5.41) is 0.802. The number of aryl methyl sites for hydroxylation is 1. The first kappa shape index (κ1) is 14.1. The zero-order valence-corrected chi connectivity index (χ0v) is 12.2. The average molecular weight is 278 g/mol. The summed E-state index contributed by atoms with van der Waals surface area (Å²) in [7, 11) is 1.57. The Bertz CT molecular complexity index is 513. The number of aliphatic imine (C=N–C) groups is 1. The molecule has 1 unspecified atom stereocenters. The van der Waals surface area contributed by atoms with Gasteiger partial charge in [-0.15, -0.1) is 0 Å². The van der Waals surface area contributed by atoms with E-state index in [1.807, 2.05) is 12.1 Å². The number of nitrogens with two attached hydrogens (primary N) is 1. The monoisotopic (exact) mass is 278 g/mol. The Morgan fingerprint density at radius 1 is 1.47 bits per heavy atom. The van der Waals surface area contributed by atoms with Gasteiger partial charge in [0.05, 0.1) is 0 Å². The fourth-order valence-corrected chi connectivity index (χ4v) is 3.18. The van der Waals surface area contributed by atoms with Gasteiger partial charge in [-0.2, -0.15) is 0 Å². The first-order valence-corrected chi connectivity index (χ1v) is 7.07. The average Bonchev–Trinajstić information content (AvgIpc) is 2.77. The number of nitrogens with zero attached hydrogens (tertiary/aromatic N) is 1. The maximum atomic E-state index is 11.6.